The van der Waals surface area contributed by atoms with E-state index in [1.54, 1.807) is 26.2 Å². The fourth-order valence-corrected chi connectivity index (χ4v) is 3.50. The average molecular weight is 361 g/mol. The standard InChI is InChI=1S/C21H31NO4/c1-14(19(23)22-17-8-6-7-9-18(17)25-5)26-20(24)15-10-12-16(13-11-15)21(2,3)4/h6-9,14-16H,10-13H2,1-5H3,(H,22,23)/t14-,15?,16?/m1/s1. The Balaban J connectivity index is 1.86. The van der Waals surface area contributed by atoms with Crippen LogP contribution in [0.2, 0.25) is 0 Å². The molecule has 0 aromatic heterocycles. The summed E-state index contributed by atoms with van der Waals surface area (Å²) in [6.45, 7) is 8.35. The van der Waals surface area contributed by atoms with Crippen molar-refractivity contribution >= 4 is 17.6 Å². The fourth-order valence-electron chi connectivity index (χ4n) is 3.50. The molecule has 144 valence electrons. The Morgan fingerprint density at radius 2 is 1.73 bits per heavy atom. The Labute approximate surface area is 156 Å². The highest BCUT2D eigenvalue weighted by Crippen LogP contribution is 2.40. The molecule has 1 aliphatic carbocycles. The van der Waals surface area contributed by atoms with Crippen LogP contribution in [0.5, 0.6) is 5.75 Å². The molecular weight excluding hydrogens is 330 g/mol. The van der Waals surface area contributed by atoms with Crippen LogP contribution in [0.15, 0.2) is 24.3 Å². The van der Waals surface area contributed by atoms with Crippen molar-refractivity contribution < 1.29 is 19.1 Å². The highest BCUT2D eigenvalue weighted by molar-refractivity contribution is 5.96. The highest BCUT2D eigenvalue weighted by Gasteiger charge is 2.34. The molecule has 0 heterocycles. The van der Waals surface area contributed by atoms with Crippen molar-refractivity contribution in [2.75, 3.05) is 12.4 Å². The topological polar surface area (TPSA) is 64.6 Å². The molecule has 0 spiro atoms. The summed E-state index contributed by atoms with van der Waals surface area (Å²) in [5.74, 6) is 0.485. The van der Waals surface area contributed by atoms with E-state index in [1.165, 1.54) is 0 Å². The molecule has 1 N–H and O–H groups in total. The number of methoxy groups -OCH3 is 1. The second kappa shape index (κ2) is 8.56. The van der Waals surface area contributed by atoms with Gasteiger partial charge in [0.25, 0.3) is 5.91 Å². The summed E-state index contributed by atoms with van der Waals surface area (Å²) in [5, 5.41) is 2.76. The van der Waals surface area contributed by atoms with Crippen LogP contribution >= 0.6 is 0 Å². The first-order valence-electron chi connectivity index (χ1n) is 9.36. The van der Waals surface area contributed by atoms with Gasteiger partial charge in [-0.05, 0) is 56.1 Å². The lowest BCUT2D eigenvalue weighted by Crippen LogP contribution is -2.34. The molecule has 0 unspecified atom stereocenters. The molecule has 5 heteroatoms. The normalized spacial score (nSPS) is 21.6. The van der Waals surface area contributed by atoms with Gasteiger partial charge in [0, 0.05) is 0 Å². The number of ether oxygens (including phenoxy) is 2. The van der Waals surface area contributed by atoms with E-state index in [2.05, 4.69) is 26.1 Å². The van der Waals surface area contributed by atoms with Crippen molar-refractivity contribution in [1.29, 1.82) is 0 Å². The van der Waals surface area contributed by atoms with Gasteiger partial charge in [-0.15, -0.1) is 0 Å². The van der Waals surface area contributed by atoms with Gasteiger partial charge in [-0.3, -0.25) is 9.59 Å². The lowest BCUT2D eigenvalue weighted by molar-refractivity contribution is -0.158. The first-order chi connectivity index (χ1) is 12.2. The number of anilines is 1. The van der Waals surface area contributed by atoms with Gasteiger partial charge >= 0.3 is 5.97 Å². The molecule has 1 aliphatic rings. The first-order valence-corrected chi connectivity index (χ1v) is 9.36. The summed E-state index contributed by atoms with van der Waals surface area (Å²) < 4.78 is 10.6. The van der Waals surface area contributed by atoms with Gasteiger partial charge in [0.2, 0.25) is 0 Å². The third kappa shape index (κ3) is 5.23. The van der Waals surface area contributed by atoms with Crippen LogP contribution in [-0.4, -0.2) is 25.1 Å². The molecule has 0 saturated heterocycles. The molecule has 0 radical (unpaired) electrons. The summed E-state index contributed by atoms with van der Waals surface area (Å²) in [6, 6.07) is 7.15. The number of hydrogen-bond donors (Lipinski definition) is 1. The third-order valence-electron chi connectivity index (χ3n) is 5.31. The van der Waals surface area contributed by atoms with Gasteiger partial charge in [-0.2, -0.15) is 0 Å². The van der Waals surface area contributed by atoms with E-state index in [9.17, 15) is 9.59 Å². The number of amides is 1. The molecule has 1 fully saturated rings. The van der Waals surface area contributed by atoms with Crippen molar-refractivity contribution in [2.45, 2.75) is 59.5 Å². The number of para-hydroxylation sites is 2. The molecule has 1 amide bonds. The SMILES string of the molecule is COc1ccccc1NC(=O)[C@@H](C)OC(=O)C1CCC(C(C)(C)C)CC1. The van der Waals surface area contributed by atoms with Gasteiger partial charge in [0.05, 0.1) is 18.7 Å². The Morgan fingerprint density at radius 3 is 2.31 bits per heavy atom. The number of benzene rings is 1. The maximum Gasteiger partial charge on any atom is 0.309 e. The van der Waals surface area contributed by atoms with E-state index >= 15 is 0 Å². The van der Waals surface area contributed by atoms with Crippen LogP contribution in [0.3, 0.4) is 0 Å². The number of esters is 1. The lowest BCUT2D eigenvalue weighted by Gasteiger charge is -2.36. The van der Waals surface area contributed by atoms with E-state index < -0.39 is 6.10 Å². The van der Waals surface area contributed by atoms with Crippen LogP contribution in [0.1, 0.15) is 53.4 Å². The van der Waals surface area contributed by atoms with Crippen molar-refractivity contribution in [2.24, 2.45) is 17.3 Å². The Kier molecular flexibility index (Phi) is 6.68. The minimum Gasteiger partial charge on any atom is -0.495 e. The molecule has 26 heavy (non-hydrogen) atoms. The number of rotatable bonds is 5. The molecule has 5 nitrogen and oxygen atoms in total. The predicted octanol–water partition coefficient (Wildman–Crippen LogP) is 4.42. The van der Waals surface area contributed by atoms with Gasteiger partial charge in [-0.1, -0.05) is 32.9 Å². The smallest absolute Gasteiger partial charge is 0.309 e. The van der Waals surface area contributed by atoms with E-state index in [0.29, 0.717) is 17.4 Å². The molecule has 0 bridgehead atoms. The van der Waals surface area contributed by atoms with Crippen molar-refractivity contribution in [3.63, 3.8) is 0 Å². The number of carbonyl (C=O) groups is 2. The molecule has 0 aliphatic heterocycles. The second-order valence-corrected chi connectivity index (χ2v) is 8.18. The largest absolute Gasteiger partial charge is 0.495 e. The second-order valence-electron chi connectivity index (χ2n) is 8.18. The predicted molar refractivity (Wildman–Crippen MR) is 102 cm³/mol. The monoisotopic (exact) mass is 361 g/mol. The zero-order valence-corrected chi connectivity index (χ0v) is 16.5. The Bertz CT molecular complexity index is 627. The zero-order chi connectivity index (χ0) is 19.3. The zero-order valence-electron chi connectivity index (χ0n) is 16.5. The first kappa shape index (κ1) is 20.3. The highest BCUT2D eigenvalue weighted by atomic mass is 16.5. The minimum atomic E-state index is -0.840. The number of nitrogens with one attached hydrogen (secondary N) is 1. The van der Waals surface area contributed by atoms with Gasteiger partial charge in [0.15, 0.2) is 6.10 Å². The van der Waals surface area contributed by atoms with Crippen molar-refractivity contribution in [3.05, 3.63) is 24.3 Å². The van der Waals surface area contributed by atoms with Gasteiger partial charge < -0.3 is 14.8 Å². The van der Waals surface area contributed by atoms with E-state index in [-0.39, 0.29) is 23.2 Å². The summed E-state index contributed by atoms with van der Waals surface area (Å²) in [7, 11) is 1.54. The lowest BCUT2D eigenvalue weighted by atomic mass is 9.70. The number of hydrogen-bond acceptors (Lipinski definition) is 4. The molecule has 1 atom stereocenters. The number of carbonyl (C=O) groups excluding carboxylic acids is 2. The average Bonchev–Trinajstić information content (AvgIpc) is 2.61. The van der Waals surface area contributed by atoms with E-state index in [0.717, 1.165) is 25.7 Å². The van der Waals surface area contributed by atoms with E-state index in [4.69, 9.17) is 9.47 Å². The van der Waals surface area contributed by atoms with Crippen molar-refractivity contribution in [3.8, 4) is 5.75 Å². The molecular formula is C21H31NO4. The van der Waals surface area contributed by atoms with Gasteiger partial charge in [0.1, 0.15) is 5.75 Å². The van der Waals surface area contributed by atoms with Crippen LogP contribution in [-0.2, 0) is 14.3 Å². The molecule has 1 aromatic carbocycles. The van der Waals surface area contributed by atoms with Crippen molar-refractivity contribution in [1.82, 2.24) is 0 Å². The summed E-state index contributed by atoms with van der Waals surface area (Å²) in [6.07, 6.45) is 2.90. The summed E-state index contributed by atoms with van der Waals surface area (Å²) in [5.41, 5.74) is 0.838. The van der Waals surface area contributed by atoms with Crippen LogP contribution in [0, 0.1) is 17.3 Å². The summed E-state index contributed by atoms with van der Waals surface area (Å²) >= 11 is 0. The quantitative estimate of drug-likeness (QED) is 0.789. The Hall–Kier alpha value is -2.04. The molecule has 1 saturated carbocycles. The molecule has 1 aromatic rings. The van der Waals surface area contributed by atoms with Crippen LogP contribution in [0.25, 0.3) is 0 Å². The minimum absolute atomic E-state index is 0.102. The maximum absolute atomic E-state index is 12.4. The third-order valence-corrected chi connectivity index (χ3v) is 5.31. The summed E-state index contributed by atoms with van der Waals surface area (Å²) in [4.78, 5) is 24.8. The van der Waals surface area contributed by atoms with E-state index in [1.807, 2.05) is 12.1 Å². The Morgan fingerprint density at radius 1 is 1.12 bits per heavy atom. The van der Waals surface area contributed by atoms with Crippen LogP contribution in [0.4, 0.5) is 5.69 Å². The fraction of sp³-hybridized carbons (Fsp3) is 0.619. The van der Waals surface area contributed by atoms with Gasteiger partial charge in [-0.25, -0.2) is 0 Å². The van der Waals surface area contributed by atoms with Crippen LogP contribution < -0.4 is 10.1 Å². The maximum atomic E-state index is 12.4. The molecule has 2 rings (SSSR count).